The van der Waals surface area contributed by atoms with E-state index in [0.29, 0.717) is 37.1 Å². The maximum absolute atomic E-state index is 13.0. The maximum atomic E-state index is 13.0. The van der Waals surface area contributed by atoms with Gasteiger partial charge in [-0.3, -0.25) is 19.7 Å². The van der Waals surface area contributed by atoms with Crippen LogP contribution in [0.3, 0.4) is 0 Å². The molecule has 1 aliphatic carbocycles. The van der Waals surface area contributed by atoms with Gasteiger partial charge in [-0.25, -0.2) is 9.37 Å². The van der Waals surface area contributed by atoms with Crippen molar-refractivity contribution >= 4 is 16.6 Å². The van der Waals surface area contributed by atoms with Crippen LogP contribution < -0.4 is 0 Å². The second-order valence-corrected chi connectivity index (χ2v) is 9.01. The molecular formula is C24H27FN4O2. The Bertz CT molecular complexity index is 1080. The first kappa shape index (κ1) is 20.2. The zero-order valence-electron chi connectivity index (χ0n) is 17.8. The molecule has 1 saturated carbocycles. The molecule has 0 N–H and O–H groups in total. The summed E-state index contributed by atoms with van der Waals surface area (Å²) in [6, 6.07) is 3.93. The monoisotopic (exact) mass is 422 g/mol. The molecule has 7 heteroatoms. The van der Waals surface area contributed by atoms with Crippen molar-refractivity contribution in [2.24, 2.45) is 11.8 Å². The minimum atomic E-state index is -0.640. The molecule has 3 aromatic rings. The van der Waals surface area contributed by atoms with Crippen LogP contribution in [-0.4, -0.2) is 51.4 Å². The summed E-state index contributed by atoms with van der Waals surface area (Å²) in [6.45, 7) is 3.95. The predicted molar refractivity (Wildman–Crippen MR) is 115 cm³/mol. The highest BCUT2D eigenvalue weighted by Gasteiger charge is 2.31. The number of carbonyl (C=O) groups excluding carboxylic acids is 1. The number of carbonyl (C=O) groups is 1. The van der Waals surface area contributed by atoms with E-state index in [0.717, 1.165) is 54.4 Å². The van der Waals surface area contributed by atoms with Gasteiger partial charge in [0, 0.05) is 62.4 Å². The molecule has 0 spiro atoms. The average Bonchev–Trinajstić information content (AvgIpc) is 3.19. The highest BCUT2D eigenvalue weighted by atomic mass is 19.1. The number of aromatic nitrogens is 3. The Hall–Kier alpha value is -2.67. The summed E-state index contributed by atoms with van der Waals surface area (Å²) in [7, 11) is 0. The summed E-state index contributed by atoms with van der Waals surface area (Å²) in [4.78, 5) is 28.1. The number of ketones is 1. The van der Waals surface area contributed by atoms with Crippen LogP contribution in [-0.2, 0) is 11.2 Å². The van der Waals surface area contributed by atoms with Gasteiger partial charge < -0.3 is 4.42 Å². The molecule has 31 heavy (non-hydrogen) atoms. The molecule has 6 nitrogen and oxygen atoms in total. The van der Waals surface area contributed by atoms with Gasteiger partial charge in [0.05, 0.1) is 6.20 Å². The topological polar surface area (TPSA) is 72.1 Å². The van der Waals surface area contributed by atoms with Crippen LogP contribution >= 0.6 is 0 Å². The van der Waals surface area contributed by atoms with Crippen molar-refractivity contribution in [2.75, 3.05) is 19.6 Å². The Balaban J connectivity index is 1.21. The Labute approximate surface area is 180 Å². The van der Waals surface area contributed by atoms with E-state index in [4.69, 9.17) is 4.42 Å². The fourth-order valence-electron chi connectivity index (χ4n) is 4.81. The highest BCUT2D eigenvalue weighted by Crippen LogP contribution is 2.32. The van der Waals surface area contributed by atoms with Gasteiger partial charge in [0.2, 0.25) is 0 Å². The van der Waals surface area contributed by atoms with Crippen LogP contribution in [0.25, 0.3) is 22.2 Å². The van der Waals surface area contributed by atoms with Crippen LogP contribution in [0.2, 0.25) is 0 Å². The Kier molecular flexibility index (Phi) is 5.52. The van der Waals surface area contributed by atoms with Crippen molar-refractivity contribution in [3.8, 4) is 11.5 Å². The number of aryl methyl sites for hydroxylation is 1. The Morgan fingerprint density at radius 3 is 2.55 bits per heavy atom. The van der Waals surface area contributed by atoms with E-state index in [1.54, 1.807) is 25.5 Å². The van der Waals surface area contributed by atoms with Gasteiger partial charge in [-0.05, 0) is 49.1 Å². The summed E-state index contributed by atoms with van der Waals surface area (Å²) in [5.74, 6) is 2.22. The van der Waals surface area contributed by atoms with Crippen molar-refractivity contribution < 1.29 is 13.6 Å². The number of fused-ring (bicyclic) bond motifs is 1. The molecule has 5 rings (SSSR count). The predicted octanol–water partition coefficient (Wildman–Crippen LogP) is 4.16. The number of likely N-dealkylation sites (tertiary alicyclic amines) is 1. The second-order valence-electron chi connectivity index (χ2n) is 9.01. The van der Waals surface area contributed by atoms with Crippen LogP contribution in [0.1, 0.15) is 37.3 Å². The number of rotatable bonds is 6. The van der Waals surface area contributed by atoms with Gasteiger partial charge in [-0.2, -0.15) is 0 Å². The van der Waals surface area contributed by atoms with Crippen molar-refractivity contribution in [1.29, 1.82) is 0 Å². The molecule has 4 heterocycles. The number of pyridine rings is 2. The van der Waals surface area contributed by atoms with Gasteiger partial charge in [0.25, 0.3) is 0 Å². The summed E-state index contributed by atoms with van der Waals surface area (Å²) >= 11 is 0. The van der Waals surface area contributed by atoms with Crippen LogP contribution in [0.15, 0.2) is 35.1 Å². The number of hydrogen-bond acceptors (Lipinski definition) is 6. The van der Waals surface area contributed by atoms with Crippen molar-refractivity contribution in [3.63, 3.8) is 0 Å². The van der Waals surface area contributed by atoms with Gasteiger partial charge in [-0.1, -0.05) is 0 Å². The minimum Gasteiger partial charge on any atom is -0.439 e. The standard InChI is InChI=1S/C24H27FN4O2/c1-15-26-11-24(31-15)22-7-18-6-21(27-9-19(18)10-28-22)8-23(30)17-4-2-16(3-5-17)12-29-13-20(25)14-29/h6-7,9-11,16-17,20H,2-5,8,12-14H2,1H3. The van der Waals surface area contributed by atoms with Gasteiger partial charge >= 0.3 is 0 Å². The molecule has 3 aromatic heterocycles. The summed E-state index contributed by atoms with van der Waals surface area (Å²) in [5.41, 5.74) is 1.51. The first-order valence-corrected chi connectivity index (χ1v) is 11.1. The molecule has 1 aliphatic heterocycles. The smallest absolute Gasteiger partial charge is 0.191 e. The number of oxazole rings is 1. The lowest BCUT2D eigenvalue weighted by atomic mass is 9.78. The van der Waals surface area contributed by atoms with E-state index in [9.17, 15) is 9.18 Å². The lowest BCUT2D eigenvalue weighted by Crippen LogP contribution is -2.50. The van der Waals surface area contributed by atoms with Gasteiger partial charge in [-0.15, -0.1) is 0 Å². The number of hydrogen-bond donors (Lipinski definition) is 0. The molecule has 0 atom stereocenters. The third kappa shape index (κ3) is 4.51. The highest BCUT2D eigenvalue weighted by molar-refractivity contribution is 5.87. The number of alkyl halides is 1. The van der Waals surface area contributed by atoms with Crippen molar-refractivity contribution in [1.82, 2.24) is 19.9 Å². The van der Waals surface area contributed by atoms with Crippen LogP contribution in [0, 0.1) is 18.8 Å². The second kappa shape index (κ2) is 8.46. The van der Waals surface area contributed by atoms with E-state index in [-0.39, 0.29) is 11.7 Å². The fraction of sp³-hybridized carbons (Fsp3) is 0.500. The molecule has 1 saturated heterocycles. The summed E-state index contributed by atoms with van der Waals surface area (Å²) in [5, 5.41) is 1.92. The Morgan fingerprint density at radius 2 is 1.84 bits per heavy atom. The molecule has 0 unspecified atom stereocenters. The average molecular weight is 423 g/mol. The van der Waals surface area contributed by atoms with Crippen LogP contribution in [0.5, 0.6) is 0 Å². The third-order valence-electron chi connectivity index (χ3n) is 6.62. The zero-order chi connectivity index (χ0) is 21.4. The number of nitrogens with zero attached hydrogens (tertiary/aromatic N) is 4. The first-order chi connectivity index (χ1) is 15.0. The Morgan fingerprint density at radius 1 is 1.06 bits per heavy atom. The van der Waals surface area contributed by atoms with E-state index in [1.165, 1.54) is 0 Å². The third-order valence-corrected chi connectivity index (χ3v) is 6.62. The zero-order valence-corrected chi connectivity index (χ0v) is 17.8. The SMILES string of the molecule is Cc1ncc(-c2cc3cc(CC(=O)C4CCC(CN5CC(F)C5)CC4)ncc3cn2)o1. The van der Waals surface area contributed by atoms with Gasteiger partial charge in [0.15, 0.2) is 11.7 Å². The molecule has 0 aromatic carbocycles. The molecule has 0 bridgehead atoms. The molecule has 2 fully saturated rings. The summed E-state index contributed by atoms with van der Waals surface area (Å²) in [6.07, 6.45) is 8.92. The van der Waals surface area contributed by atoms with Crippen molar-refractivity contribution in [2.45, 2.75) is 45.2 Å². The largest absolute Gasteiger partial charge is 0.439 e. The van der Waals surface area contributed by atoms with E-state index >= 15 is 0 Å². The fourth-order valence-corrected chi connectivity index (χ4v) is 4.81. The van der Waals surface area contributed by atoms with E-state index in [1.807, 2.05) is 12.1 Å². The lowest BCUT2D eigenvalue weighted by molar-refractivity contribution is -0.123. The van der Waals surface area contributed by atoms with E-state index < -0.39 is 6.17 Å². The molecule has 2 aliphatic rings. The first-order valence-electron chi connectivity index (χ1n) is 11.1. The van der Waals surface area contributed by atoms with Gasteiger partial charge in [0.1, 0.15) is 17.6 Å². The quantitative estimate of drug-likeness (QED) is 0.594. The minimum absolute atomic E-state index is 0.115. The van der Waals surface area contributed by atoms with Crippen LogP contribution in [0.4, 0.5) is 4.39 Å². The lowest BCUT2D eigenvalue weighted by Gasteiger charge is -2.38. The maximum Gasteiger partial charge on any atom is 0.191 e. The van der Waals surface area contributed by atoms with E-state index in [2.05, 4.69) is 19.9 Å². The number of Topliss-reactive ketones (excluding diaryl/α,β-unsaturated/α-hetero) is 1. The molecule has 0 radical (unpaired) electrons. The molecular weight excluding hydrogens is 395 g/mol. The number of halogens is 1. The normalized spacial score (nSPS) is 22.5. The molecule has 0 amide bonds. The molecule has 162 valence electrons. The van der Waals surface area contributed by atoms with Crippen molar-refractivity contribution in [3.05, 3.63) is 42.3 Å². The summed E-state index contributed by atoms with van der Waals surface area (Å²) < 4.78 is 18.6.